The van der Waals surface area contributed by atoms with Gasteiger partial charge in [-0.15, -0.1) is 11.3 Å². The van der Waals surface area contributed by atoms with Gasteiger partial charge in [-0.05, 0) is 23.8 Å². The van der Waals surface area contributed by atoms with Gasteiger partial charge < -0.3 is 0 Å². The van der Waals surface area contributed by atoms with Gasteiger partial charge >= 0.3 is 0 Å². The first kappa shape index (κ1) is 11.5. The van der Waals surface area contributed by atoms with Gasteiger partial charge in [-0.1, -0.05) is 41.9 Å². The van der Waals surface area contributed by atoms with Gasteiger partial charge in [0, 0.05) is 26.1 Å². The highest BCUT2D eigenvalue weighted by atomic mass is 35.5. The fraction of sp³-hybridized carbons (Fsp3) is 0. The summed E-state index contributed by atoms with van der Waals surface area (Å²) in [5.74, 6) is 0. The summed E-state index contributed by atoms with van der Waals surface area (Å²) in [7, 11) is 0. The lowest BCUT2D eigenvalue weighted by Crippen LogP contribution is -1.98. The summed E-state index contributed by atoms with van der Waals surface area (Å²) in [4.78, 5) is 13.1. The Morgan fingerprint density at radius 1 is 0.944 bits per heavy atom. The average molecular weight is 273 g/mol. The number of halogens is 1. The summed E-state index contributed by atoms with van der Waals surface area (Å²) in [6.07, 6.45) is 0. The van der Waals surface area contributed by atoms with E-state index in [0.717, 1.165) is 15.1 Å². The summed E-state index contributed by atoms with van der Waals surface area (Å²) in [5, 5.41) is 1.28. The number of hydrogen-bond donors (Lipinski definition) is 0. The Kier molecular flexibility index (Phi) is 2.90. The van der Waals surface area contributed by atoms with Crippen LogP contribution in [0.25, 0.3) is 20.5 Å². The standard InChI is InChI=1S/C15H9ClOS/c16-11-6-7-14-12(8-11)13(17)9-15(18-14)10-4-2-1-3-5-10/h1-9H. The highest BCUT2D eigenvalue weighted by Gasteiger charge is 2.05. The maximum Gasteiger partial charge on any atom is 0.188 e. The molecular formula is C15H9ClOS. The van der Waals surface area contributed by atoms with E-state index in [1.807, 2.05) is 42.5 Å². The van der Waals surface area contributed by atoms with Gasteiger partial charge in [0.25, 0.3) is 0 Å². The second-order valence-electron chi connectivity index (χ2n) is 3.98. The summed E-state index contributed by atoms with van der Waals surface area (Å²) >= 11 is 7.52. The van der Waals surface area contributed by atoms with Crippen molar-refractivity contribution in [2.45, 2.75) is 0 Å². The minimum atomic E-state index is 0.0186. The second kappa shape index (κ2) is 4.56. The van der Waals surface area contributed by atoms with Crippen LogP contribution in [0.2, 0.25) is 5.02 Å². The molecule has 1 heterocycles. The van der Waals surface area contributed by atoms with E-state index in [1.165, 1.54) is 0 Å². The summed E-state index contributed by atoms with van der Waals surface area (Å²) < 4.78 is 0.964. The lowest BCUT2D eigenvalue weighted by atomic mass is 10.2. The Bertz CT molecular complexity index is 762. The Labute approximate surface area is 113 Å². The Morgan fingerprint density at radius 2 is 1.72 bits per heavy atom. The van der Waals surface area contributed by atoms with E-state index in [9.17, 15) is 4.79 Å². The largest absolute Gasteiger partial charge is 0.289 e. The maximum absolute atomic E-state index is 12.1. The molecule has 2 aromatic carbocycles. The van der Waals surface area contributed by atoms with Crippen LogP contribution in [0.4, 0.5) is 0 Å². The molecule has 18 heavy (non-hydrogen) atoms. The van der Waals surface area contributed by atoms with Crippen LogP contribution in [0, 0.1) is 0 Å². The quantitative estimate of drug-likeness (QED) is 0.634. The monoisotopic (exact) mass is 272 g/mol. The van der Waals surface area contributed by atoms with E-state index in [4.69, 9.17) is 11.6 Å². The van der Waals surface area contributed by atoms with Crippen LogP contribution in [-0.4, -0.2) is 0 Å². The molecule has 3 rings (SSSR count). The minimum Gasteiger partial charge on any atom is -0.289 e. The molecule has 3 aromatic rings. The Morgan fingerprint density at radius 3 is 2.50 bits per heavy atom. The molecule has 0 fully saturated rings. The molecule has 0 radical (unpaired) electrons. The maximum atomic E-state index is 12.1. The van der Waals surface area contributed by atoms with Crippen LogP contribution >= 0.6 is 22.9 Å². The van der Waals surface area contributed by atoms with E-state index < -0.39 is 0 Å². The van der Waals surface area contributed by atoms with Crippen molar-refractivity contribution in [3.8, 4) is 10.4 Å². The lowest BCUT2D eigenvalue weighted by Gasteiger charge is -2.02. The topological polar surface area (TPSA) is 17.1 Å². The van der Waals surface area contributed by atoms with Crippen LogP contribution in [-0.2, 0) is 0 Å². The molecule has 0 spiro atoms. The molecule has 3 heteroatoms. The van der Waals surface area contributed by atoms with Crippen molar-refractivity contribution < 1.29 is 0 Å². The van der Waals surface area contributed by atoms with E-state index in [1.54, 1.807) is 23.5 Å². The second-order valence-corrected chi connectivity index (χ2v) is 5.50. The fourth-order valence-electron chi connectivity index (χ4n) is 1.87. The molecule has 1 aromatic heterocycles. The van der Waals surface area contributed by atoms with Crippen LogP contribution in [0.3, 0.4) is 0 Å². The molecule has 0 saturated heterocycles. The highest BCUT2D eigenvalue weighted by molar-refractivity contribution is 7.21. The zero-order chi connectivity index (χ0) is 12.5. The zero-order valence-electron chi connectivity index (χ0n) is 9.39. The molecular weight excluding hydrogens is 264 g/mol. The van der Waals surface area contributed by atoms with Crippen molar-refractivity contribution in [1.82, 2.24) is 0 Å². The van der Waals surface area contributed by atoms with Crippen molar-refractivity contribution >= 4 is 33.0 Å². The fourth-order valence-corrected chi connectivity index (χ4v) is 3.11. The first-order valence-electron chi connectivity index (χ1n) is 5.53. The first-order chi connectivity index (χ1) is 8.74. The predicted molar refractivity (Wildman–Crippen MR) is 78.5 cm³/mol. The number of fused-ring (bicyclic) bond motifs is 1. The molecule has 0 saturated carbocycles. The third kappa shape index (κ3) is 2.05. The number of rotatable bonds is 1. The lowest BCUT2D eigenvalue weighted by molar-refractivity contribution is 1.66. The number of hydrogen-bond acceptors (Lipinski definition) is 2. The first-order valence-corrected chi connectivity index (χ1v) is 6.72. The van der Waals surface area contributed by atoms with E-state index >= 15 is 0 Å². The summed E-state index contributed by atoms with van der Waals surface area (Å²) in [6, 6.07) is 17.0. The van der Waals surface area contributed by atoms with Crippen molar-refractivity contribution in [1.29, 1.82) is 0 Å². The van der Waals surface area contributed by atoms with Gasteiger partial charge in [0.05, 0.1) is 0 Å². The smallest absolute Gasteiger partial charge is 0.188 e. The Hall–Kier alpha value is -1.64. The molecule has 1 nitrogen and oxygen atoms in total. The van der Waals surface area contributed by atoms with E-state index in [0.29, 0.717) is 10.4 Å². The molecule has 0 atom stereocenters. The van der Waals surface area contributed by atoms with Crippen molar-refractivity contribution in [2.75, 3.05) is 0 Å². The van der Waals surface area contributed by atoms with Crippen molar-refractivity contribution in [3.05, 3.63) is 69.8 Å². The van der Waals surface area contributed by atoms with Gasteiger partial charge in [-0.3, -0.25) is 4.79 Å². The van der Waals surface area contributed by atoms with E-state index in [-0.39, 0.29) is 5.43 Å². The highest BCUT2D eigenvalue weighted by Crippen LogP contribution is 2.28. The molecule has 0 bridgehead atoms. The number of benzene rings is 2. The van der Waals surface area contributed by atoms with Crippen molar-refractivity contribution in [3.63, 3.8) is 0 Å². The molecule has 0 N–H and O–H groups in total. The van der Waals surface area contributed by atoms with Crippen molar-refractivity contribution in [2.24, 2.45) is 0 Å². The molecule has 88 valence electrons. The molecule has 0 aliphatic carbocycles. The third-order valence-electron chi connectivity index (χ3n) is 2.75. The normalized spacial score (nSPS) is 10.7. The van der Waals surface area contributed by atoms with E-state index in [2.05, 4.69) is 0 Å². The van der Waals surface area contributed by atoms with Gasteiger partial charge in [-0.2, -0.15) is 0 Å². The van der Waals surface area contributed by atoms with Gasteiger partial charge in [0.15, 0.2) is 5.43 Å². The average Bonchev–Trinajstić information content (AvgIpc) is 2.40. The summed E-state index contributed by atoms with van der Waals surface area (Å²) in [6.45, 7) is 0. The molecule has 0 aliphatic rings. The molecule has 0 unspecified atom stereocenters. The van der Waals surface area contributed by atoms with Crippen LogP contribution in [0.1, 0.15) is 0 Å². The Balaban J connectivity index is 2.29. The van der Waals surface area contributed by atoms with Crippen LogP contribution < -0.4 is 5.43 Å². The van der Waals surface area contributed by atoms with Crippen LogP contribution in [0.5, 0.6) is 0 Å². The van der Waals surface area contributed by atoms with Gasteiger partial charge in [0.2, 0.25) is 0 Å². The van der Waals surface area contributed by atoms with Gasteiger partial charge in [-0.25, -0.2) is 0 Å². The molecule has 0 aliphatic heterocycles. The predicted octanol–water partition coefficient (Wildman–Crippen LogP) is 4.58. The minimum absolute atomic E-state index is 0.0186. The SMILES string of the molecule is O=c1cc(-c2ccccc2)sc2ccc(Cl)cc12. The zero-order valence-corrected chi connectivity index (χ0v) is 11.0. The third-order valence-corrected chi connectivity index (χ3v) is 4.13. The molecule has 0 amide bonds. The van der Waals surface area contributed by atoms with Gasteiger partial charge in [0.1, 0.15) is 0 Å². The van der Waals surface area contributed by atoms with Crippen LogP contribution in [0.15, 0.2) is 59.4 Å². The summed E-state index contributed by atoms with van der Waals surface area (Å²) in [5.41, 5.74) is 1.08.